The summed E-state index contributed by atoms with van der Waals surface area (Å²) < 4.78 is 0. The van der Waals surface area contributed by atoms with Crippen LogP contribution in [0.15, 0.2) is 16.8 Å². The van der Waals surface area contributed by atoms with E-state index in [1.165, 1.54) is 10.5 Å². The topological polar surface area (TPSA) is 49.4 Å². The molecule has 86 valence electrons. The number of nitrogens with one attached hydrogen (secondary N) is 1. The van der Waals surface area contributed by atoms with Crippen LogP contribution in [-0.4, -0.2) is 35.8 Å². The Balaban J connectivity index is 1.97. The lowest BCUT2D eigenvalue weighted by Crippen LogP contribution is -2.57. The van der Waals surface area contributed by atoms with Gasteiger partial charge in [-0.05, 0) is 35.7 Å². The molecule has 4 nitrogen and oxygen atoms in total. The molecule has 1 atom stereocenters. The summed E-state index contributed by atoms with van der Waals surface area (Å²) in [5.74, 6) is -0.246. The lowest BCUT2D eigenvalue weighted by atomic mass is 10.2. The third kappa shape index (κ3) is 2.31. The summed E-state index contributed by atoms with van der Waals surface area (Å²) in [6.45, 7) is 2.53. The van der Waals surface area contributed by atoms with Gasteiger partial charge in [-0.15, -0.1) is 0 Å². The maximum absolute atomic E-state index is 11.7. The van der Waals surface area contributed by atoms with Crippen LogP contribution in [0.3, 0.4) is 0 Å². The fourth-order valence-corrected chi connectivity index (χ4v) is 2.39. The van der Waals surface area contributed by atoms with Gasteiger partial charge in [0, 0.05) is 6.54 Å². The molecule has 1 saturated heterocycles. The Morgan fingerprint density at radius 3 is 3.06 bits per heavy atom. The summed E-state index contributed by atoms with van der Waals surface area (Å²) in [6, 6.07) is 1.77. The molecule has 2 heterocycles. The van der Waals surface area contributed by atoms with Crippen molar-refractivity contribution < 1.29 is 9.59 Å². The van der Waals surface area contributed by atoms with E-state index in [9.17, 15) is 9.59 Å². The van der Waals surface area contributed by atoms with Crippen molar-refractivity contribution in [3.05, 3.63) is 22.4 Å². The van der Waals surface area contributed by atoms with E-state index in [1.54, 1.807) is 18.3 Å². The number of carbonyl (C=O) groups excluding carboxylic acids is 2. The minimum atomic E-state index is -0.250. The zero-order valence-corrected chi connectivity index (χ0v) is 9.92. The van der Waals surface area contributed by atoms with Crippen molar-refractivity contribution in [1.29, 1.82) is 0 Å². The Kier molecular flexibility index (Phi) is 3.36. The molecule has 0 radical (unpaired) electrons. The van der Waals surface area contributed by atoms with Crippen LogP contribution >= 0.6 is 11.3 Å². The van der Waals surface area contributed by atoms with E-state index in [2.05, 4.69) is 5.32 Å². The van der Waals surface area contributed by atoms with E-state index in [0.29, 0.717) is 6.54 Å². The largest absolute Gasteiger partial charge is 0.298 e. The molecule has 16 heavy (non-hydrogen) atoms. The highest BCUT2D eigenvalue weighted by atomic mass is 32.1. The molecule has 0 bridgehead atoms. The van der Waals surface area contributed by atoms with Gasteiger partial charge in [0.25, 0.3) is 0 Å². The number of carbonyl (C=O) groups is 2. The van der Waals surface area contributed by atoms with Gasteiger partial charge in [-0.3, -0.25) is 19.8 Å². The second-order valence-corrected chi connectivity index (χ2v) is 4.65. The summed E-state index contributed by atoms with van der Waals surface area (Å²) in [5, 5.41) is 6.91. The Bertz CT molecular complexity index is 389. The Morgan fingerprint density at radius 1 is 1.56 bits per heavy atom. The molecule has 1 unspecified atom stereocenters. The number of hydrogen-bond donors (Lipinski definition) is 1. The number of imide groups is 1. The van der Waals surface area contributed by atoms with Gasteiger partial charge >= 0.3 is 0 Å². The van der Waals surface area contributed by atoms with Gasteiger partial charge in [-0.2, -0.15) is 11.3 Å². The van der Waals surface area contributed by atoms with Crippen molar-refractivity contribution in [2.45, 2.75) is 19.4 Å². The summed E-state index contributed by atoms with van der Waals surface area (Å²) in [6.07, 6.45) is 0.744. The van der Waals surface area contributed by atoms with Crippen molar-refractivity contribution in [3.63, 3.8) is 0 Å². The van der Waals surface area contributed by atoms with Crippen LogP contribution in [0.5, 0.6) is 0 Å². The van der Waals surface area contributed by atoms with Crippen LogP contribution in [-0.2, 0) is 16.0 Å². The smallest absolute Gasteiger partial charge is 0.246 e. The SMILES string of the molecule is CC1NCC(=O)N(CCc2ccsc2)C1=O. The van der Waals surface area contributed by atoms with Crippen LogP contribution in [0.2, 0.25) is 0 Å². The number of thiophene rings is 1. The Hall–Kier alpha value is -1.20. The first-order valence-corrected chi connectivity index (χ1v) is 6.21. The number of hydrogen-bond acceptors (Lipinski definition) is 4. The molecule has 0 spiro atoms. The van der Waals surface area contributed by atoms with Crippen LogP contribution in [0, 0.1) is 0 Å². The zero-order valence-electron chi connectivity index (χ0n) is 9.10. The fourth-order valence-electron chi connectivity index (χ4n) is 1.69. The predicted octanol–water partition coefficient (Wildman–Crippen LogP) is 0.637. The standard InChI is InChI=1S/C11H14N2O2S/c1-8-11(15)13(10(14)6-12-8)4-2-9-3-5-16-7-9/h3,5,7-8,12H,2,4,6H2,1H3. The average Bonchev–Trinajstić information content (AvgIpc) is 2.77. The van der Waals surface area contributed by atoms with Crippen molar-refractivity contribution in [2.24, 2.45) is 0 Å². The maximum Gasteiger partial charge on any atom is 0.246 e. The molecular formula is C11H14N2O2S. The fraction of sp³-hybridized carbons (Fsp3) is 0.455. The zero-order chi connectivity index (χ0) is 11.5. The Morgan fingerprint density at radius 2 is 2.38 bits per heavy atom. The highest BCUT2D eigenvalue weighted by molar-refractivity contribution is 7.07. The average molecular weight is 238 g/mol. The summed E-state index contributed by atoms with van der Waals surface area (Å²) in [5.41, 5.74) is 1.18. The molecule has 0 saturated carbocycles. The van der Waals surface area contributed by atoms with Gasteiger partial charge in [0.2, 0.25) is 11.8 Å². The van der Waals surface area contributed by atoms with Crippen LogP contribution < -0.4 is 5.32 Å². The van der Waals surface area contributed by atoms with E-state index < -0.39 is 0 Å². The van der Waals surface area contributed by atoms with Crippen molar-refractivity contribution >= 4 is 23.2 Å². The van der Waals surface area contributed by atoms with Crippen molar-refractivity contribution in [2.75, 3.05) is 13.1 Å². The molecule has 0 aromatic carbocycles. The second kappa shape index (κ2) is 4.76. The highest BCUT2D eigenvalue weighted by Gasteiger charge is 2.30. The maximum atomic E-state index is 11.7. The van der Waals surface area contributed by atoms with Gasteiger partial charge in [-0.25, -0.2) is 0 Å². The first-order valence-electron chi connectivity index (χ1n) is 5.27. The summed E-state index contributed by atoms with van der Waals surface area (Å²) in [4.78, 5) is 24.7. The van der Waals surface area contributed by atoms with Gasteiger partial charge in [0.15, 0.2) is 0 Å². The molecule has 1 fully saturated rings. The van der Waals surface area contributed by atoms with Crippen LogP contribution in [0.25, 0.3) is 0 Å². The molecule has 1 aliphatic rings. The normalized spacial score (nSPS) is 21.6. The van der Waals surface area contributed by atoms with E-state index >= 15 is 0 Å². The number of piperazine rings is 1. The molecule has 0 aliphatic carbocycles. The second-order valence-electron chi connectivity index (χ2n) is 3.87. The van der Waals surface area contributed by atoms with Crippen LogP contribution in [0.4, 0.5) is 0 Å². The molecule has 1 N–H and O–H groups in total. The molecule has 1 aromatic rings. The Labute approximate surface area is 98.3 Å². The number of amides is 2. The van der Waals surface area contributed by atoms with Gasteiger partial charge in [-0.1, -0.05) is 0 Å². The minimum absolute atomic E-state index is 0.119. The minimum Gasteiger partial charge on any atom is -0.298 e. The van der Waals surface area contributed by atoms with E-state index in [0.717, 1.165) is 6.42 Å². The molecule has 2 rings (SSSR count). The van der Waals surface area contributed by atoms with Gasteiger partial charge in [0.05, 0.1) is 12.6 Å². The van der Waals surface area contributed by atoms with Crippen LogP contribution in [0.1, 0.15) is 12.5 Å². The van der Waals surface area contributed by atoms with Gasteiger partial charge in [0.1, 0.15) is 0 Å². The molecule has 1 aromatic heterocycles. The molecular weight excluding hydrogens is 224 g/mol. The number of nitrogens with zero attached hydrogens (tertiary/aromatic N) is 1. The molecule has 1 aliphatic heterocycles. The predicted molar refractivity (Wildman–Crippen MR) is 62.2 cm³/mol. The van der Waals surface area contributed by atoms with E-state index in [-0.39, 0.29) is 24.4 Å². The quantitative estimate of drug-likeness (QED) is 0.786. The summed E-state index contributed by atoms with van der Waals surface area (Å²) >= 11 is 1.63. The first kappa shape index (κ1) is 11.3. The summed E-state index contributed by atoms with van der Waals surface area (Å²) in [7, 11) is 0. The molecule has 2 amide bonds. The monoisotopic (exact) mass is 238 g/mol. The lowest BCUT2D eigenvalue weighted by Gasteiger charge is -2.29. The van der Waals surface area contributed by atoms with Crippen molar-refractivity contribution in [3.8, 4) is 0 Å². The third-order valence-electron chi connectivity index (χ3n) is 2.70. The first-order chi connectivity index (χ1) is 7.68. The van der Waals surface area contributed by atoms with E-state index in [4.69, 9.17) is 0 Å². The lowest BCUT2D eigenvalue weighted by molar-refractivity contribution is -0.148. The van der Waals surface area contributed by atoms with Crippen molar-refractivity contribution in [1.82, 2.24) is 10.2 Å². The van der Waals surface area contributed by atoms with Gasteiger partial charge < -0.3 is 0 Å². The molecule has 5 heteroatoms. The third-order valence-corrected chi connectivity index (χ3v) is 3.43. The highest BCUT2D eigenvalue weighted by Crippen LogP contribution is 2.09. The van der Waals surface area contributed by atoms with E-state index in [1.807, 2.05) is 16.8 Å². The number of rotatable bonds is 3.